The molecule has 84 valence electrons. The molecule has 5 heteroatoms. The van der Waals surface area contributed by atoms with Crippen LogP contribution in [0.3, 0.4) is 0 Å². The molecule has 16 heavy (non-hydrogen) atoms. The lowest BCUT2D eigenvalue weighted by Crippen LogP contribution is -2.25. The molecule has 2 rings (SSSR count). The van der Waals surface area contributed by atoms with E-state index in [9.17, 15) is 8.78 Å². The van der Waals surface area contributed by atoms with E-state index in [1.165, 1.54) is 6.26 Å². The fourth-order valence-corrected chi connectivity index (χ4v) is 1.27. The monoisotopic (exact) mass is 224 g/mol. The maximum Gasteiger partial charge on any atom is 0.334 e. The first kappa shape index (κ1) is 10.8. The molecular formula is C11H10F2N2O. The Morgan fingerprint density at radius 3 is 2.56 bits per heavy atom. The van der Waals surface area contributed by atoms with Gasteiger partial charge in [0.25, 0.3) is 5.89 Å². The Labute approximate surface area is 90.9 Å². The largest absolute Gasteiger partial charge is 0.443 e. The number of hydrogen-bond acceptors (Lipinski definition) is 3. The average molecular weight is 224 g/mol. The summed E-state index contributed by atoms with van der Waals surface area (Å²) < 4.78 is 31.0. The molecule has 0 aliphatic heterocycles. The molecule has 3 nitrogen and oxygen atoms in total. The number of halogens is 2. The van der Waals surface area contributed by atoms with E-state index in [1.54, 1.807) is 24.3 Å². The number of aromatic nitrogens is 1. The van der Waals surface area contributed by atoms with E-state index in [0.29, 0.717) is 5.69 Å². The molecule has 0 fully saturated rings. The van der Waals surface area contributed by atoms with E-state index in [0.717, 1.165) is 5.56 Å². The zero-order valence-corrected chi connectivity index (χ0v) is 8.36. The first-order valence-corrected chi connectivity index (χ1v) is 4.73. The minimum Gasteiger partial charge on any atom is -0.443 e. The fraction of sp³-hybridized carbons (Fsp3) is 0.182. The highest BCUT2D eigenvalue weighted by atomic mass is 19.3. The van der Waals surface area contributed by atoms with Crippen molar-refractivity contribution >= 4 is 0 Å². The van der Waals surface area contributed by atoms with Gasteiger partial charge >= 0.3 is 5.92 Å². The maximum absolute atomic E-state index is 13.1. The van der Waals surface area contributed by atoms with E-state index in [1.807, 2.05) is 6.07 Å². The van der Waals surface area contributed by atoms with Crippen LogP contribution in [-0.4, -0.2) is 11.5 Å². The van der Waals surface area contributed by atoms with Crippen molar-refractivity contribution in [1.82, 2.24) is 4.98 Å². The van der Waals surface area contributed by atoms with E-state index in [-0.39, 0.29) is 0 Å². The van der Waals surface area contributed by atoms with Gasteiger partial charge in [-0.1, -0.05) is 30.3 Å². The summed E-state index contributed by atoms with van der Waals surface area (Å²) in [6, 6.07) is 8.96. The van der Waals surface area contributed by atoms with Crippen LogP contribution in [0.2, 0.25) is 0 Å². The highest BCUT2D eigenvalue weighted by molar-refractivity contribution is 5.57. The number of benzene rings is 1. The number of nitrogens with two attached hydrogens (primary N) is 1. The summed E-state index contributed by atoms with van der Waals surface area (Å²) in [4.78, 5) is 3.73. The number of oxazole rings is 1. The standard InChI is InChI=1S/C11H10F2N2O/c12-11(13,7-14)10-15-9(6-16-10)8-4-2-1-3-5-8/h1-6H,7,14H2. The molecule has 0 radical (unpaired) electrons. The summed E-state index contributed by atoms with van der Waals surface area (Å²) in [5, 5.41) is 0. The van der Waals surface area contributed by atoms with Crippen molar-refractivity contribution in [3.8, 4) is 11.3 Å². The van der Waals surface area contributed by atoms with Gasteiger partial charge in [0.2, 0.25) is 0 Å². The molecule has 1 heterocycles. The molecule has 0 atom stereocenters. The Balaban J connectivity index is 2.34. The smallest absolute Gasteiger partial charge is 0.334 e. The molecule has 2 aromatic rings. The maximum atomic E-state index is 13.1. The molecular weight excluding hydrogens is 214 g/mol. The van der Waals surface area contributed by atoms with Crippen LogP contribution in [0, 0.1) is 0 Å². The summed E-state index contributed by atoms with van der Waals surface area (Å²) in [6.45, 7) is -0.818. The second kappa shape index (κ2) is 4.02. The normalized spacial score (nSPS) is 11.7. The molecule has 0 saturated carbocycles. The molecule has 0 bridgehead atoms. The number of hydrogen-bond donors (Lipinski definition) is 1. The van der Waals surface area contributed by atoms with Crippen molar-refractivity contribution in [2.24, 2.45) is 5.73 Å². The minimum atomic E-state index is -3.22. The first-order chi connectivity index (χ1) is 7.63. The highest BCUT2D eigenvalue weighted by Gasteiger charge is 2.35. The molecule has 0 amide bonds. The van der Waals surface area contributed by atoms with Crippen molar-refractivity contribution in [3.05, 3.63) is 42.5 Å². The van der Waals surface area contributed by atoms with Gasteiger partial charge < -0.3 is 10.2 Å². The van der Waals surface area contributed by atoms with Crippen LogP contribution < -0.4 is 5.73 Å². The quantitative estimate of drug-likeness (QED) is 0.870. The van der Waals surface area contributed by atoms with Gasteiger partial charge in [0.05, 0.1) is 6.54 Å². The van der Waals surface area contributed by atoms with E-state index < -0.39 is 18.4 Å². The van der Waals surface area contributed by atoms with Crippen molar-refractivity contribution in [2.45, 2.75) is 5.92 Å². The zero-order valence-electron chi connectivity index (χ0n) is 8.36. The van der Waals surface area contributed by atoms with Crippen LogP contribution >= 0.6 is 0 Å². The summed E-state index contributed by atoms with van der Waals surface area (Å²) in [5.74, 6) is -3.86. The summed E-state index contributed by atoms with van der Waals surface area (Å²) in [6.07, 6.45) is 1.20. The molecule has 1 aromatic carbocycles. The van der Waals surface area contributed by atoms with Gasteiger partial charge in [-0.15, -0.1) is 0 Å². The van der Waals surface area contributed by atoms with Gasteiger partial charge in [-0.2, -0.15) is 8.78 Å². The summed E-state index contributed by atoms with van der Waals surface area (Å²) in [7, 11) is 0. The Morgan fingerprint density at radius 2 is 1.94 bits per heavy atom. The number of nitrogens with zero attached hydrogens (tertiary/aromatic N) is 1. The van der Waals surface area contributed by atoms with Gasteiger partial charge in [-0.05, 0) is 0 Å². The van der Waals surface area contributed by atoms with Crippen LogP contribution in [0.25, 0.3) is 11.3 Å². The Bertz CT molecular complexity index is 468. The van der Waals surface area contributed by atoms with Gasteiger partial charge in [0.15, 0.2) is 0 Å². The Morgan fingerprint density at radius 1 is 1.25 bits per heavy atom. The van der Waals surface area contributed by atoms with E-state index in [2.05, 4.69) is 4.98 Å². The van der Waals surface area contributed by atoms with Crippen LogP contribution in [0.15, 0.2) is 41.0 Å². The Hall–Kier alpha value is -1.75. The lowest BCUT2D eigenvalue weighted by atomic mass is 10.2. The van der Waals surface area contributed by atoms with Crippen LogP contribution in [0.5, 0.6) is 0 Å². The van der Waals surface area contributed by atoms with E-state index in [4.69, 9.17) is 10.2 Å². The van der Waals surface area contributed by atoms with Gasteiger partial charge in [0.1, 0.15) is 12.0 Å². The SMILES string of the molecule is NCC(F)(F)c1nc(-c2ccccc2)co1. The van der Waals surface area contributed by atoms with Crippen molar-refractivity contribution in [1.29, 1.82) is 0 Å². The molecule has 0 aliphatic carbocycles. The third-order valence-corrected chi connectivity index (χ3v) is 2.14. The summed E-state index contributed by atoms with van der Waals surface area (Å²) >= 11 is 0. The predicted octanol–water partition coefficient (Wildman–Crippen LogP) is 2.39. The lowest BCUT2D eigenvalue weighted by Gasteiger charge is -2.07. The number of rotatable bonds is 3. The first-order valence-electron chi connectivity index (χ1n) is 4.73. The molecule has 1 aromatic heterocycles. The molecule has 0 saturated heterocycles. The second-order valence-electron chi connectivity index (χ2n) is 3.31. The zero-order chi connectivity index (χ0) is 11.6. The highest BCUT2D eigenvalue weighted by Crippen LogP contribution is 2.28. The van der Waals surface area contributed by atoms with Gasteiger partial charge in [-0.25, -0.2) is 4.98 Å². The number of alkyl halides is 2. The molecule has 0 aliphatic rings. The average Bonchev–Trinajstić information content (AvgIpc) is 2.80. The third-order valence-electron chi connectivity index (χ3n) is 2.14. The molecule has 2 N–H and O–H groups in total. The minimum absolute atomic E-state index is 0.378. The second-order valence-corrected chi connectivity index (χ2v) is 3.31. The van der Waals surface area contributed by atoms with E-state index >= 15 is 0 Å². The topological polar surface area (TPSA) is 52.0 Å². The van der Waals surface area contributed by atoms with Crippen LogP contribution in [-0.2, 0) is 5.92 Å². The third kappa shape index (κ3) is 1.94. The Kier molecular flexibility index (Phi) is 2.70. The van der Waals surface area contributed by atoms with Gasteiger partial charge in [0, 0.05) is 5.56 Å². The van der Waals surface area contributed by atoms with Crippen molar-refractivity contribution in [2.75, 3.05) is 6.54 Å². The van der Waals surface area contributed by atoms with Crippen LogP contribution in [0.4, 0.5) is 8.78 Å². The predicted molar refractivity (Wildman–Crippen MR) is 54.9 cm³/mol. The molecule has 0 spiro atoms. The van der Waals surface area contributed by atoms with Crippen molar-refractivity contribution in [3.63, 3.8) is 0 Å². The lowest BCUT2D eigenvalue weighted by molar-refractivity contribution is -0.0213. The van der Waals surface area contributed by atoms with Gasteiger partial charge in [-0.3, -0.25) is 0 Å². The van der Waals surface area contributed by atoms with Crippen molar-refractivity contribution < 1.29 is 13.2 Å². The fourth-order valence-electron chi connectivity index (χ4n) is 1.27. The van der Waals surface area contributed by atoms with Crippen LogP contribution in [0.1, 0.15) is 5.89 Å². The summed E-state index contributed by atoms with van der Waals surface area (Å²) in [5.41, 5.74) is 6.04. The molecule has 0 unspecified atom stereocenters.